The van der Waals surface area contributed by atoms with Crippen molar-refractivity contribution in [3.8, 4) is 11.5 Å². The quantitative estimate of drug-likeness (QED) is 0.112. The van der Waals surface area contributed by atoms with Crippen LogP contribution >= 0.6 is 7.60 Å². The van der Waals surface area contributed by atoms with Gasteiger partial charge in [0, 0.05) is 12.1 Å². The van der Waals surface area contributed by atoms with E-state index in [2.05, 4.69) is 14.8 Å². The van der Waals surface area contributed by atoms with Crippen LogP contribution in [0.1, 0.15) is 54.6 Å². The molecule has 0 saturated heterocycles. The van der Waals surface area contributed by atoms with E-state index in [-0.39, 0.29) is 43.1 Å². The van der Waals surface area contributed by atoms with E-state index in [1.165, 1.54) is 44.4 Å². The van der Waals surface area contributed by atoms with Gasteiger partial charge in [0.1, 0.15) is 23.1 Å². The van der Waals surface area contributed by atoms with Gasteiger partial charge in [0.25, 0.3) is 0 Å². The number of alkyl halides is 2. The zero-order valence-corrected chi connectivity index (χ0v) is 25.9. The molecule has 0 spiro atoms. The summed E-state index contributed by atoms with van der Waals surface area (Å²) in [6.07, 6.45) is 0.892. The molecule has 0 aromatic heterocycles. The lowest BCUT2D eigenvalue weighted by Gasteiger charge is -2.25. The molecular weight excluding hydrogens is 613 g/mol. The highest BCUT2D eigenvalue weighted by Gasteiger charge is 2.53. The summed E-state index contributed by atoms with van der Waals surface area (Å²) in [6, 6.07) is 7.29. The lowest BCUT2D eigenvalue weighted by Crippen LogP contribution is -2.47. The number of hydrogen-bond donors (Lipinski definition) is 4. The second kappa shape index (κ2) is 15.6. The molecule has 240 valence electrons. The van der Waals surface area contributed by atoms with Gasteiger partial charge in [-0.25, -0.2) is 17.9 Å². The van der Waals surface area contributed by atoms with Gasteiger partial charge in [-0.05, 0) is 50.3 Å². The second-order valence-electron chi connectivity index (χ2n) is 9.72. The van der Waals surface area contributed by atoms with Crippen molar-refractivity contribution in [2.24, 2.45) is 0 Å². The highest BCUT2D eigenvalue weighted by atomic mass is 32.2. The first-order valence-corrected chi connectivity index (χ1v) is 16.8. The van der Waals surface area contributed by atoms with Gasteiger partial charge in [0.15, 0.2) is 0 Å². The fourth-order valence-corrected chi connectivity index (χ4v) is 5.71. The first kappa shape index (κ1) is 36.1. The second-order valence-corrected chi connectivity index (χ2v) is 13.3. The average molecular weight is 651 g/mol. The lowest BCUT2D eigenvalue weighted by atomic mass is 10.0. The standard InChI is InChI=1S/C27H37F2N2O10PS/c1-5-18(2)41-42(35,36)27(28,29)20-13-11-19(12-14-20)17-21(31-43(4,37)38)25(33)30-15-6-7-16-40-23-10-8-9-22(32)24(23)26(34)39-3/h8-14,18,21,31-32H,5-7,15-17H2,1-4H3,(H,30,33)(H,35,36). The van der Waals surface area contributed by atoms with Gasteiger partial charge in [-0.15, -0.1) is 0 Å². The molecule has 0 aliphatic rings. The Bertz CT molecular complexity index is 1410. The summed E-state index contributed by atoms with van der Waals surface area (Å²) in [5, 5.41) is 12.5. The molecule has 0 aliphatic carbocycles. The Labute approximate surface area is 249 Å². The smallest absolute Gasteiger partial charge is 0.402 e. The molecule has 0 bridgehead atoms. The van der Waals surface area contributed by atoms with Crippen molar-refractivity contribution in [2.45, 2.75) is 57.3 Å². The number of carbonyl (C=O) groups excluding carboxylic acids is 2. The first-order valence-electron chi connectivity index (χ1n) is 13.3. The number of ether oxygens (including phenoxy) is 2. The number of phenols is 1. The molecule has 3 atom stereocenters. The third-order valence-corrected chi connectivity index (χ3v) is 8.51. The molecule has 1 amide bonds. The Morgan fingerprint density at radius 2 is 1.77 bits per heavy atom. The van der Waals surface area contributed by atoms with E-state index in [1.807, 2.05) is 0 Å². The van der Waals surface area contributed by atoms with Crippen LogP contribution in [0.5, 0.6) is 11.5 Å². The number of sulfonamides is 1. The summed E-state index contributed by atoms with van der Waals surface area (Å²) < 4.78 is 82.6. The van der Waals surface area contributed by atoms with E-state index >= 15 is 0 Å². The molecule has 16 heteroatoms. The maximum Gasteiger partial charge on any atom is 0.402 e. The molecule has 0 radical (unpaired) electrons. The van der Waals surface area contributed by atoms with E-state index in [1.54, 1.807) is 6.92 Å². The largest absolute Gasteiger partial charge is 0.507 e. The van der Waals surface area contributed by atoms with Crippen molar-refractivity contribution in [2.75, 3.05) is 26.5 Å². The maximum absolute atomic E-state index is 14.8. The fourth-order valence-electron chi connectivity index (χ4n) is 3.76. The number of amides is 1. The zero-order valence-electron chi connectivity index (χ0n) is 24.2. The Morgan fingerprint density at radius 1 is 1.12 bits per heavy atom. The summed E-state index contributed by atoms with van der Waals surface area (Å²) in [6.45, 7) is 3.29. The van der Waals surface area contributed by atoms with Crippen molar-refractivity contribution in [3.05, 3.63) is 59.2 Å². The number of esters is 1. The summed E-state index contributed by atoms with van der Waals surface area (Å²) in [7, 11) is -8.02. The average Bonchev–Trinajstić information content (AvgIpc) is 2.93. The molecule has 2 aromatic carbocycles. The molecule has 0 aliphatic heterocycles. The van der Waals surface area contributed by atoms with Gasteiger partial charge in [0.2, 0.25) is 15.9 Å². The molecule has 4 N–H and O–H groups in total. The van der Waals surface area contributed by atoms with Crippen LogP contribution in [-0.4, -0.2) is 69.0 Å². The maximum atomic E-state index is 14.8. The molecule has 0 heterocycles. The summed E-state index contributed by atoms with van der Waals surface area (Å²) in [5.74, 6) is -1.60. The SMILES string of the molecule is CCC(C)OP(=O)(O)C(F)(F)c1ccc(CC(NS(C)(=O)=O)C(=O)NCCCCOc2cccc(O)c2C(=O)OC)cc1. The van der Waals surface area contributed by atoms with Crippen LogP contribution in [0.4, 0.5) is 8.78 Å². The van der Waals surface area contributed by atoms with Crippen LogP contribution in [0.25, 0.3) is 0 Å². The number of rotatable bonds is 17. The molecule has 0 fully saturated rings. The van der Waals surface area contributed by atoms with E-state index in [0.29, 0.717) is 18.4 Å². The Kier molecular flexibility index (Phi) is 13.1. The zero-order chi connectivity index (χ0) is 32.4. The van der Waals surface area contributed by atoms with Crippen LogP contribution in [0, 0.1) is 0 Å². The number of methoxy groups -OCH3 is 1. The third-order valence-electron chi connectivity index (χ3n) is 6.19. The van der Waals surface area contributed by atoms with Crippen LogP contribution in [-0.2, 0) is 40.7 Å². The predicted molar refractivity (Wildman–Crippen MR) is 154 cm³/mol. The van der Waals surface area contributed by atoms with Crippen LogP contribution in [0.3, 0.4) is 0 Å². The van der Waals surface area contributed by atoms with E-state index in [9.17, 15) is 41.4 Å². The minimum absolute atomic E-state index is 0.116. The van der Waals surface area contributed by atoms with Crippen LogP contribution in [0.15, 0.2) is 42.5 Å². The minimum atomic E-state index is -5.36. The molecule has 12 nitrogen and oxygen atoms in total. The van der Waals surface area contributed by atoms with Crippen molar-refractivity contribution < 1.29 is 55.4 Å². The van der Waals surface area contributed by atoms with Crippen molar-refractivity contribution in [1.82, 2.24) is 10.0 Å². The monoisotopic (exact) mass is 650 g/mol. The Morgan fingerprint density at radius 3 is 2.35 bits per heavy atom. The van der Waals surface area contributed by atoms with Gasteiger partial charge < -0.3 is 29.3 Å². The minimum Gasteiger partial charge on any atom is -0.507 e. The number of benzene rings is 2. The first-order chi connectivity index (χ1) is 20.0. The summed E-state index contributed by atoms with van der Waals surface area (Å²) in [5.41, 5.74) is -4.77. The molecule has 2 aromatic rings. The van der Waals surface area contributed by atoms with Crippen molar-refractivity contribution in [1.29, 1.82) is 0 Å². The Balaban J connectivity index is 1.99. The predicted octanol–water partition coefficient (Wildman–Crippen LogP) is 3.66. The molecule has 3 unspecified atom stereocenters. The van der Waals surface area contributed by atoms with Gasteiger partial charge in [-0.2, -0.15) is 8.78 Å². The number of halogens is 2. The van der Waals surface area contributed by atoms with Gasteiger partial charge in [-0.3, -0.25) is 9.36 Å². The number of hydrogen-bond acceptors (Lipinski definition) is 9. The number of aromatic hydroxyl groups is 1. The molecule has 2 rings (SSSR count). The third kappa shape index (κ3) is 10.5. The van der Waals surface area contributed by atoms with E-state index in [4.69, 9.17) is 9.26 Å². The van der Waals surface area contributed by atoms with Crippen molar-refractivity contribution in [3.63, 3.8) is 0 Å². The highest BCUT2D eigenvalue weighted by Crippen LogP contribution is 2.63. The topological polar surface area (TPSA) is 178 Å². The van der Waals surface area contributed by atoms with Crippen molar-refractivity contribution >= 4 is 29.5 Å². The number of unbranched alkanes of at least 4 members (excludes halogenated alkanes) is 1. The van der Waals surface area contributed by atoms with E-state index < -0.39 is 52.9 Å². The van der Waals surface area contributed by atoms with Gasteiger partial charge in [-0.1, -0.05) is 37.3 Å². The lowest BCUT2D eigenvalue weighted by molar-refractivity contribution is -0.122. The van der Waals surface area contributed by atoms with Crippen LogP contribution < -0.4 is 14.8 Å². The number of phenolic OH excluding ortho intramolecular Hbond substituents is 1. The number of nitrogens with one attached hydrogen (secondary N) is 2. The molecule has 0 saturated carbocycles. The highest BCUT2D eigenvalue weighted by molar-refractivity contribution is 7.88. The molecular formula is C27H37F2N2O10PS. The fraction of sp³-hybridized carbons (Fsp3) is 0.481. The number of carbonyl (C=O) groups is 2. The Hall–Kier alpha value is -3.10. The summed E-state index contributed by atoms with van der Waals surface area (Å²) in [4.78, 5) is 34.6. The van der Waals surface area contributed by atoms with Crippen LogP contribution in [0.2, 0.25) is 0 Å². The summed E-state index contributed by atoms with van der Waals surface area (Å²) >= 11 is 0. The molecule has 43 heavy (non-hydrogen) atoms. The van der Waals surface area contributed by atoms with Gasteiger partial charge in [0.05, 0.1) is 26.1 Å². The van der Waals surface area contributed by atoms with Gasteiger partial charge >= 0.3 is 19.2 Å². The van der Waals surface area contributed by atoms with E-state index in [0.717, 1.165) is 18.4 Å². The normalized spacial score (nSPS) is 14.8.